The minimum atomic E-state index is 0.220. The van der Waals surface area contributed by atoms with E-state index >= 15 is 0 Å². The van der Waals surface area contributed by atoms with Crippen molar-refractivity contribution in [3.8, 4) is 0 Å². The van der Waals surface area contributed by atoms with Crippen LogP contribution in [0.2, 0.25) is 0 Å². The van der Waals surface area contributed by atoms with Crippen LogP contribution >= 0.6 is 11.3 Å². The van der Waals surface area contributed by atoms with Gasteiger partial charge in [-0.25, -0.2) is 4.98 Å². The Morgan fingerprint density at radius 3 is 2.80 bits per heavy atom. The molecule has 0 spiro atoms. The Morgan fingerprint density at radius 2 is 2.25 bits per heavy atom. The molecule has 0 aromatic carbocycles. The van der Waals surface area contributed by atoms with E-state index in [4.69, 9.17) is 0 Å². The highest BCUT2D eigenvalue weighted by molar-refractivity contribution is 7.09. The average molecular weight is 295 g/mol. The summed E-state index contributed by atoms with van der Waals surface area (Å²) in [6, 6.07) is 1.04. The van der Waals surface area contributed by atoms with Crippen LogP contribution in [0, 0.1) is 6.92 Å². The summed E-state index contributed by atoms with van der Waals surface area (Å²) in [6.45, 7) is 11.3. The van der Waals surface area contributed by atoms with E-state index in [1.54, 1.807) is 11.3 Å². The zero-order chi connectivity index (χ0) is 14.7. The number of amides is 1. The molecule has 5 heteroatoms. The van der Waals surface area contributed by atoms with Gasteiger partial charge in [-0.05, 0) is 27.2 Å². The fraction of sp³-hybridized carbons (Fsp3) is 0.733. The number of aromatic nitrogens is 1. The highest BCUT2D eigenvalue weighted by Crippen LogP contribution is 2.17. The predicted octanol–water partition coefficient (Wildman–Crippen LogP) is 2.33. The molecule has 112 valence electrons. The molecule has 2 heterocycles. The molecule has 20 heavy (non-hydrogen) atoms. The second kappa shape index (κ2) is 6.68. The van der Waals surface area contributed by atoms with Gasteiger partial charge in [0.25, 0.3) is 0 Å². The van der Waals surface area contributed by atoms with E-state index in [1.807, 2.05) is 17.2 Å². The van der Waals surface area contributed by atoms with Crippen LogP contribution in [0.5, 0.6) is 0 Å². The van der Waals surface area contributed by atoms with Crippen molar-refractivity contribution in [2.24, 2.45) is 0 Å². The molecule has 0 bridgehead atoms. The van der Waals surface area contributed by atoms with Crippen molar-refractivity contribution < 1.29 is 4.79 Å². The maximum atomic E-state index is 12.4. The zero-order valence-corrected chi connectivity index (χ0v) is 13.7. The molecule has 4 nitrogen and oxygen atoms in total. The summed E-state index contributed by atoms with van der Waals surface area (Å²) in [7, 11) is 0. The zero-order valence-electron chi connectivity index (χ0n) is 12.9. The second-order valence-corrected chi connectivity index (χ2v) is 6.83. The smallest absolute Gasteiger partial charge is 0.228 e. The van der Waals surface area contributed by atoms with Gasteiger partial charge in [0.05, 0.1) is 17.1 Å². The van der Waals surface area contributed by atoms with Crippen molar-refractivity contribution in [3.63, 3.8) is 0 Å². The molecule has 0 aliphatic carbocycles. The first-order valence-corrected chi connectivity index (χ1v) is 8.33. The van der Waals surface area contributed by atoms with Gasteiger partial charge in [0.15, 0.2) is 0 Å². The van der Waals surface area contributed by atoms with E-state index in [0.29, 0.717) is 18.5 Å². The first-order chi connectivity index (χ1) is 9.51. The number of thiazole rings is 1. The lowest BCUT2D eigenvalue weighted by molar-refractivity contribution is -0.134. The van der Waals surface area contributed by atoms with Crippen molar-refractivity contribution >= 4 is 17.2 Å². The summed E-state index contributed by atoms with van der Waals surface area (Å²) >= 11 is 1.61. The highest BCUT2D eigenvalue weighted by atomic mass is 32.1. The van der Waals surface area contributed by atoms with Crippen LogP contribution in [-0.2, 0) is 11.2 Å². The number of carbonyl (C=O) groups is 1. The van der Waals surface area contributed by atoms with Gasteiger partial charge in [0, 0.05) is 37.1 Å². The lowest BCUT2D eigenvalue weighted by atomic mass is 10.1. The Kier molecular flexibility index (Phi) is 5.16. The number of carbonyl (C=O) groups excluding carboxylic acids is 1. The third-order valence-electron chi connectivity index (χ3n) is 4.01. The molecule has 0 saturated carbocycles. The van der Waals surface area contributed by atoms with Gasteiger partial charge in [-0.15, -0.1) is 11.3 Å². The van der Waals surface area contributed by atoms with Crippen molar-refractivity contribution in [2.75, 3.05) is 19.6 Å². The molecule has 1 atom stereocenters. The predicted molar refractivity (Wildman–Crippen MR) is 83.1 cm³/mol. The molecule has 0 radical (unpaired) electrons. The molecule has 1 fully saturated rings. The minimum Gasteiger partial charge on any atom is -0.340 e. The molecule has 1 aromatic rings. The van der Waals surface area contributed by atoms with Gasteiger partial charge in [0.2, 0.25) is 5.91 Å². The van der Waals surface area contributed by atoms with Crippen LogP contribution in [0.3, 0.4) is 0 Å². The van der Waals surface area contributed by atoms with E-state index in [-0.39, 0.29) is 5.91 Å². The molecule has 1 unspecified atom stereocenters. The molecule has 1 aliphatic rings. The average Bonchev–Trinajstić information content (AvgIpc) is 2.83. The summed E-state index contributed by atoms with van der Waals surface area (Å²) in [5.74, 6) is 0.220. The molecular formula is C15H25N3OS. The van der Waals surface area contributed by atoms with Gasteiger partial charge in [-0.3, -0.25) is 9.69 Å². The van der Waals surface area contributed by atoms with E-state index in [9.17, 15) is 4.79 Å². The minimum absolute atomic E-state index is 0.220. The van der Waals surface area contributed by atoms with Gasteiger partial charge in [-0.1, -0.05) is 6.92 Å². The summed E-state index contributed by atoms with van der Waals surface area (Å²) in [5.41, 5.74) is 0.914. The van der Waals surface area contributed by atoms with Crippen molar-refractivity contribution in [1.29, 1.82) is 0 Å². The summed E-state index contributed by atoms with van der Waals surface area (Å²) in [5, 5.41) is 3.03. The Bertz CT molecular complexity index is 458. The van der Waals surface area contributed by atoms with Crippen LogP contribution < -0.4 is 0 Å². The fourth-order valence-corrected chi connectivity index (χ4v) is 3.51. The Hall–Kier alpha value is -0.940. The summed E-state index contributed by atoms with van der Waals surface area (Å²) < 4.78 is 0. The van der Waals surface area contributed by atoms with Crippen molar-refractivity contribution in [2.45, 2.75) is 52.6 Å². The van der Waals surface area contributed by atoms with Gasteiger partial charge in [0.1, 0.15) is 0 Å². The molecule has 0 N–H and O–H groups in total. The van der Waals surface area contributed by atoms with E-state index < -0.39 is 0 Å². The van der Waals surface area contributed by atoms with Crippen LogP contribution in [0.15, 0.2) is 5.38 Å². The van der Waals surface area contributed by atoms with E-state index in [1.165, 1.54) is 0 Å². The monoisotopic (exact) mass is 295 g/mol. The molecular weight excluding hydrogens is 270 g/mol. The van der Waals surface area contributed by atoms with E-state index in [2.05, 4.69) is 30.7 Å². The highest BCUT2D eigenvalue weighted by Gasteiger charge is 2.29. The molecule has 1 amide bonds. The normalized spacial score (nSPS) is 20.6. The quantitative estimate of drug-likeness (QED) is 0.855. The third kappa shape index (κ3) is 3.58. The third-order valence-corrected chi connectivity index (χ3v) is 4.84. The van der Waals surface area contributed by atoms with Crippen LogP contribution in [0.1, 0.15) is 37.9 Å². The Labute approximate surface area is 125 Å². The van der Waals surface area contributed by atoms with Crippen molar-refractivity contribution in [3.05, 3.63) is 16.1 Å². The Morgan fingerprint density at radius 1 is 1.50 bits per heavy atom. The molecule has 2 rings (SSSR count). The molecule has 1 aromatic heterocycles. The largest absolute Gasteiger partial charge is 0.340 e. The number of rotatable bonds is 4. The van der Waals surface area contributed by atoms with Gasteiger partial charge >= 0.3 is 0 Å². The van der Waals surface area contributed by atoms with Crippen LogP contribution in [0.25, 0.3) is 0 Å². The fourth-order valence-electron chi connectivity index (χ4n) is 2.90. The van der Waals surface area contributed by atoms with Crippen molar-refractivity contribution in [1.82, 2.24) is 14.8 Å². The summed E-state index contributed by atoms with van der Waals surface area (Å²) in [4.78, 5) is 21.3. The first-order valence-electron chi connectivity index (χ1n) is 7.45. The standard InChI is InChI=1S/C15H25N3OS/c1-5-14-9-17(6-7-18(14)11(2)3)15(19)8-13-10-20-12(4)16-13/h10-11,14H,5-9H2,1-4H3. The van der Waals surface area contributed by atoms with E-state index in [0.717, 1.165) is 36.8 Å². The summed E-state index contributed by atoms with van der Waals surface area (Å²) in [6.07, 6.45) is 1.54. The lowest BCUT2D eigenvalue weighted by Crippen LogP contribution is -2.56. The SMILES string of the molecule is CCC1CN(C(=O)Cc2csc(C)n2)CCN1C(C)C. The number of nitrogens with zero attached hydrogens (tertiary/aromatic N) is 3. The van der Waals surface area contributed by atoms with Crippen LogP contribution in [0.4, 0.5) is 0 Å². The maximum Gasteiger partial charge on any atom is 0.228 e. The molecule has 1 saturated heterocycles. The van der Waals surface area contributed by atoms with Gasteiger partial charge < -0.3 is 4.90 Å². The Balaban J connectivity index is 1.95. The maximum absolute atomic E-state index is 12.4. The lowest BCUT2D eigenvalue weighted by Gasteiger charge is -2.43. The molecule has 1 aliphatic heterocycles. The second-order valence-electron chi connectivity index (χ2n) is 5.77. The number of hydrogen-bond acceptors (Lipinski definition) is 4. The topological polar surface area (TPSA) is 36.4 Å². The number of piperazine rings is 1. The number of hydrogen-bond donors (Lipinski definition) is 0. The first kappa shape index (κ1) is 15.4. The van der Waals surface area contributed by atoms with Crippen LogP contribution in [-0.4, -0.2) is 52.4 Å². The van der Waals surface area contributed by atoms with Gasteiger partial charge in [-0.2, -0.15) is 0 Å². The number of aryl methyl sites for hydroxylation is 1.